The Morgan fingerprint density at radius 2 is 0.891 bits per heavy atom. The van der Waals surface area contributed by atoms with Crippen LogP contribution in [0.4, 0.5) is 0 Å². The number of para-hydroxylation sites is 7. The predicted octanol–water partition coefficient (Wildman–Crippen LogP) is 15.6. The molecule has 0 spiro atoms. The quantitative estimate of drug-likeness (QED) is 0.174. The summed E-state index contributed by atoms with van der Waals surface area (Å²) in [5.74, 6) is 0.505. The Morgan fingerprint density at radius 1 is 0.391 bits per heavy atom. The van der Waals surface area contributed by atoms with Gasteiger partial charge in [0.1, 0.15) is 17.0 Å². The first-order chi connectivity index (χ1) is 33.4. The number of aromatic nitrogens is 4. The molecule has 0 aliphatic heterocycles. The molecule has 5 heterocycles. The first kappa shape index (κ1) is 31.2. The largest absolute Gasteiger partial charge is 0.456 e. The van der Waals surface area contributed by atoms with Crippen molar-refractivity contribution in [3.8, 4) is 39.6 Å². The van der Waals surface area contributed by atoms with Crippen molar-refractivity contribution in [3.63, 3.8) is 0 Å². The lowest BCUT2D eigenvalue weighted by atomic mass is 9.92. The summed E-state index contributed by atoms with van der Waals surface area (Å²) in [5.41, 5.74) is 12.1. The normalized spacial score (nSPS) is 12.9. The van der Waals surface area contributed by atoms with Crippen LogP contribution in [0.3, 0.4) is 0 Å². The molecular weight excluding hydrogens is 781 g/mol. The summed E-state index contributed by atoms with van der Waals surface area (Å²) >= 11 is 0. The van der Waals surface area contributed by atoms with Crippen LogP contribution < -0.4 is 0 Å². The maximum atomic E-state index is 9.47. The van der Waals surface area contributed by atoms with Crippen molar-refractivity contribution in [1.82, 2.24) is 18.7 Å². The molecule has 0 unspecified atom stereocenters. The van der Waals surface area contributed by atoms with Gasteiger partial charge in [0.05, 0.1) is 55.7 Å². The van der Waals surface area contributed by atoms with E-state index in [1.807, 2.05) is 53.1 Å². The van der Waals surface area contributed by atoms with Crippen molar-refractivity contribution in [1.29, 1.82) is 0 Å². The van der Waals surface area contributed by atoms with Gasteiger partial charge in [0.15, 0.2) is 0 Å². The smallest absolute Gasteiger partial charge is 0.140 e. The lowest BCUT2D eigenvalue weighted by molar-refractivity contribution is 0.669. The first-order valence-corrected chi connectivity index (χ1v) is 21.5. The highest BCUT2D eigenvalue weighted by molar-refractivity contribution is 6.16. The molecular formula is C59H36N4O. The maximum absolute atomic E-state index is 9.47. The Bertz CT molecular complexity index is 4350. The molecule has 0 fully saturated rings. The Hall–Kier alpha value is -8.67. The molecule has 0 aliphatic carbocycles. The van der Waals surface area contributed by atoms with Crippen LogP contribution in [0.5, 0.6) is 0 Å². The molecule has 5 aromatic heterocycles. The Labute approximate surface area is 372 Å². The van der Waals surface area contributed by atoms with Gasteiger partial charge >= 0.3 is 0 Å². The summed E-state index contributed by atoms with van der Waals surface area (Å²) in [7, 11) is 0. The van der Waals surface area contributed by atoms with Gasteiger partial charge in [-0.25, -0.2) is 4.98 Å². The van der Waals surface area contributed by atoms with Crippen molar-refractivity contribution in [2.24, 2.45) is 0 Å². The molecule has 0 saturated heterocycles. The van der Waals surface area contributed by atoms with Crippen molar-refractivity contribution in [2.45, 2.75) is 0 Å². The third kappa shape index (κ3) is 4.92. The van der Waals surface area contributed by atoms with Crippen molar-refractivity contribution < 1.29 is 9.90 Å². The van der Waals surface area contributed by atoms with E-state index < -0.39 is 0 Å². The summed E-state index contributed by atoms with van der Waals surface area (Å²) in [6, 6.07) is 66.0. The predicted molar refractivity (Wildman–Crippen MR) is 265 cm³/mol. The average molecular weight is 821 g/mol. The summed E-state index contributed by atoms with van der Waals surface area (Å²) in [4.78, 5) is 5.75. The standard InChI is InChI=1S/C59H36N4O/c1-8-26-48-38(17-1)39-18-2-9-27-49(39)61(48)37-35-47(60-57(36-37)63-52-30-12-5-21-42(52)43-22-6-13-31-53(43)63)59-45(44-25-16-34-56-58(44)46-23-7-14-33-55(46)64-56)24-15-32-54(59)62-50-28-10-3-19-40(50)41-20-4-11-29-51(41)62/h1-36H/i5D,12D,21D,30D. The number of nitrogens with zero attached hydrogens (tertiary/aromatic N) is 4. The highest BCUT2D eigenvalue weighted by atomic mass is 16.3. The van der Waals surface area contributed by atoms with Gasteiger partial charge in [-0.2, -0.15) is 0 Å². The molecule has 14 rings (SSSR count). The van der Waals surface area contributed by atoms with Crippen molar-refractivity contribution in [2.75, 3.05) is 0 Å². The number of pyridine rings is 1. The van der Waals surface area contributed by atoms with Crippen LogP contribution in [0.25, 0.3) is 127 Å². The third-order valence-corrected chi connectivity index (χ3v) is 13.0. The Balaban J connectivity index is 1.19. The molecule has 5 heteroatoms. The van der Waals surface area contributed by atoms with E-state index in [9.17, 15) is 2.74 Å². The van der Waals surface area contributed by atoms with E-state index in [0.29, 0.717) is 27.8 Å². The molecule has 0 saturated carbocycles. The van der Waals surface area contributed by atoms with E-state index in [-0.39, 0.29) is 24.2 Å². The van der Waals surface area contributed by atoms with Crippen LogP contribution in [0.1, 0.15) is 5.48 Å². The van der Waals surface area contributed by atoms with Gasteiger partial charge in [-0.1, -0.05) is 152 Å². The topological polar surface area (TPSA) is 40.8 Å². The van der Waals surface area contributed by atoms with E-state index in [1.54, 1.807) is 0 Å². The zero-order valence-corrected chi connectivity index (χ0v) is 34.2. The summed E-state index contributed by atoms with van der Waals surface area (Å²) < 4.78 is 49.5. The van der Waals surface area contributed by atoms with Gasteiger partial charge in [-0.15, -0.1) is 0 Å². The van der Waals surface area contributed by atoms with Crippen molar-refractivity contribution >= 4 is 87.4 Å². The van der Waals surface area contributed by atoms with Gasteiger partial charge < -0.3 is 13.6 Å². The molecule has 0 N–H and O–H groups in total. The van der Waals surface area contributed by atoms with Gasteiger partial charge in [0.25, 0.3) is 0 Å². The lowest BCUT2D eigenvalue weighted by Crippen LogP contribution is -2.06. The first-order valence-electron chi connectivity index (χ1n) is 23.5. The fourth-order valence-corrected chi connectivity index (χ4v) is 10.4. The summed E-state index contributed by atoms with van der Waals surface area (Å²) in [6.07, 6.45) is 0. The minimum absolute atomic E-state index is 0.0887. The lowest BCUT2D eigenvalue weighted by Gasteiger charge is -2.20. The second-order valence-corrected chi connectivity index (χ2v) is 16.4. The Morgan fingerprint density at radius 3 is 1.55 bits per heavy atom. The zero-order chi connectivity index (χ0) is 45.4. The van der Waals surface area contributed by atoms with Gasteiger partial charge in [-0.3, -0.25) is 4.57 Å². The molecule has 5 nitrogen and oxygen atoms in total. The molecule has 0 atom stereocenters. The summed E-state index contributed by atoms with van der Waals surface area (Å²) in [5, 5.41) is 7.66. The fraction of sp³-hybridized carbons (Fsp3) is 0. The van der Waals surface area contributed by atoms with Crippen LogP contribution in [0, 0.1) is 0 Å². The van der Waals surface area contributed by atoms with E-state index >= 15 is 0 Å². The van der Waals surface area contributed by atoms with E-state index in [0.717, 1.165) is 99.1 Å². The van der Waals surface area contributed by atoms with E-state index in [4.69, 9.17) is 12.1 Å². The third-order valence-electron chi connectivity index (χ3n) is 13.0. The molecule has 0 bridgehead atoms. The van der Waals surface area contributed by atoms with Gasteiger partial charge in [-0.05, 0) is 71.8 Å². The van der Waals surface area contributed by atoms with Gasteiger partial charge in [0.2, 0.25) is 0 Å². The number of hydrogen-bond donors (Lipinski definition) is 0. The van der Waals surface area contributed by atoms with Gasteiger partial charge in [0, 0.05) is 54.7 Å². The molecule has 14 aromatic rings. The fourth-order valence-electron chi connectivity index (χ4n) is 10.4. The Kier molecular flexibility index (Phi) is 6.54. The van der Waals surface area contributed by atoms with E-state index in [1.165, 1.54) is 0 Å². The van der Waals surface area contributed by atoms with Crippen LogP contribution in [0.15, 0.2) is 223 Å². The summed E-state index contributed by atoms with van der Waals surface area (Å²) in [6.45, 7) is 0. The number of benzene rings is 9. The molecule has 9 aromatic carbocycles. The maximum Gasteiger partial charge on any atom is 0.140 e. The molecule has 0 amide bonds. The number of furan rings is 1. The van der Waals surface area contributed by atoms with Crippen LogP contribution in [-0.2, 0) is 0 Å². The highest BCUT2D eigenvalue weighted by Crippen LogP contribution is 2.46. The number of fused-ring (bicyclic) bond motifs is 12. The van der Waals surface area contributed by atoms with Crippen molar-refractivity contribution in [3.05, 3.63) is 218 Å². The second kappa shape index (κ2) is 13.4. The zero-order valence-electron chi connectivity index (χ0n) is 38.2. The monoisotopic (exact) mass is 820 g/mol. The minimum atomic E-state index is -0.301. The second-order valence-electron chi connectivity index (χ2n) is 16.4. The SMILES string of the molecule is [2H]c1c([2H])c([2H])c2c(c1[2H])c1ccccc1n2-c1cc(-n2c3ccccc3c3ccccc32)cc(-c2c(-c3cccc4oc5ccccc5c34)cccc2-n2c3ccccc3c3ccccc32)n1. The molecule has 0 aliphatic rings. The number of hydrogen-bond acceptors (Lipinski definition) is 2. The highest BCUT2D eigenvalue weighted by Gasteiger charge is 2.25. The number of rotatable bonds is 5. The van der Waals surface area contributed by atoms with E-state index in [2.05, 4.69) is 155 Å². The average Bonchev–Trinajstić information content (AvgIpc) is 4.14. The molecule has 64 heavy (non-hydrogen) atoms. The van der Waals surface area contributed by atoms with Crippen LogP contribution >= 0.6 is 0 Å². The molecule has 298 valence electrons. The van der Waals surface area contributed by atoms with Crippen LogP contribution in [-0.4, -0.2) is 18.7 Å². The minimum Gasteiger partial charge on any atom is -0.456 e. The van der Waals surface area contributed by atoms with Crippen LogP contribution in [0.2, 0.25) is 0 Å². The molecule has 0 radical (unpaired) electrons.